The zero-order valence-corrected chi connectivity index (χ0v) is 18.9. The number of fused-ring (bicyclic) bond motifs is 2. The molecule has 0 saturated carbocycles. The van der Waals surface area contributed by atoms with E-state index in [2.05, 4.69) is 11.0 Å². The lowest BCUT2D eigenvalue weighted by atomic mass is 9.74. The van der Waals surface area contributed by atoms with Gasteiger partial charge in [0.2, 0.25) is 18.3 Å². The molecule has 11 heteroatoms. The Balaban J connectivity index is 1.96. The first kappa shape index (κ1) is 22.8. The van der Waals surface area contributed by atoms with Crippen molar-refractivity contribution in [3.05, 3.63) is 35.4 Å². The Labute approximate surface area is 190 Å². The van der Waals surface area contributed by atoms with Crippen LogP contribution in [0.3, 0.4) is 0 Å². The van der Waals surface area contributed by atoms with Gasteiger partial charge >= 0.3 is 5.97 Å². The molecule has 3 atom stereocenters. The maximum Gasteiger partial charge on any atom is 0.316 e. The Bertz CT molecular complexity index is 1060. The van der Waals surface area contributed by atoms with E-state index in [1.165, 1.54) is 21.1 Å². The fourth-order valence-electron chi connectivity index (χ4n) is 4.22. The zero-order chi connectivity index (χ0) is 23.8. The SMILES string of the molecule is CNOc1cc(C2c3cc4c(cc3OC(C)(O)C2C(=O)OC)OCO4)cc(OC)c1ONC. The fraction of sp³-hybridized carbons (Fsp3) is 0.409. The normalized spacial score (nSPS) is 22.7. The van der Waals surface area contributed by atoms with Crippen molar-refractivity contribution in [1.29, 1.82) is 0 Å². The van der Waals surface area contributed by atoms with Gasteiger partial charge in [-0.05, 0) is 23.8 Å². The average Bonchev–Trinajstić information content (AvgIpc) is 3.24. The summed E-state index contributed by atoms with van der Waals surface area (Å²) in [4.78, 5) is 23.9. The maximum atomic E-state index is 12.9. The number of hydrogen-bond acceptors (Lipinski definition) is 11. The highest BCUT2D eigenvalue weighted by Crippen LogP contribution is 2.53. The molecule has 0 saturated heterocycles. The van der Waals surface area contributed by atoms with Crippen LogP contribution in [0.4, 0.5) is 0 Å². The summed E-state index contributed by atoms with van der Waals surface area (Å²) in [6.07, 6.45) is 0. The second-order valence-electron chi connectivity index (χ2n) is 7.54. The number of ether oxygens (including phenoxy) is 5. The van der Waals surface area contributed by atoms with Crippen LogP contribution in [0.1, 0.15) is 24.0 Å². The third kappa shape index (κ3) is 3.94. The summed E-state index contributed by atoms with van der Waals surface area (Å²) in [6.45, 7) is 1.47. The van der Waals surface area contributed by atoms with Crippen molar-refractivity contribution in [2.24, 2.45) is 5.92 Å². The van der Waals surface area contributed by atoms with E-state index in [4.69, 9.17) is 33.4 Å². The number of aliphatic hydroxyl groups is 1. The van der Waals surface area contributed by atoms with Crippen LogP contribution in [0.25, 0.3) is 0 Å². The van der Waals surface area contributed by atoms with Crippen molar-refractivity contribution in [2.45, 2.75) is 18.6 Å². The molecule has 0 aromatic heterocycles. The van der Waals surface area contributed by atoms with Crippen LogP contribution < -0.4 is 39.6 Å². The van der Waals surface area contributed by atoms with Crippen molar-refractivity contribution in [3.8, 4) is 34.5 Å². The monoisotopic (exact) mass is 462 g/mol. The van der Waals surface area contributed by atoms with Crippen LogP contribution in [-0.4, -0.2) is 52.0 Å². The molecule has 33 heavy (non-hydrogen) atoms. The Hall–Kier alpha value is -3.41. The molecule has 178 valence electrons. The van der Waals surface area contributed by atoms with Gasteiger partial charge in [-0.15, -0.1) is 0 Å². The van der Waals surface area contributed by atoms with Gasteiger partial charge in [0.25, 0.3) is 0 Å². The van der Waals surface area contributed by atoms with Gasteiger partial charge < -0.3 is 38.5 Å². The highest BCUT2D eigenvalue weighted by Gasteiger charge is 2.52. The third-order valence-corrected chi connectivity index (χ3v) is 5.56. The van der Waals surface area contributed by atoms with E-state index in [9.17, 15) is 9.90 Å². The third-order valence-electron chi connectivity index (χ3n) is 5.56. The number of hydroxylamine groups is 2. The van der Waals surface area contributed by atoms with Crippen molar-refractivity contribution in [2.75, 3.05) is 35.1 Å². The van der Waals surface area contributed by atoms with Crippen molar-refractivity contribution in [3.63, 3.8) is 0 Å². The molecule has 0 spiro atoms. The predicted octanol–water partition coefficient (Wildman–Crippen LogP) is 1.47. The number of benzene rings is 2. The second-order valence-corrected chi connectivity index (χ2v) is 7.54. The average molecular weight is 462 g/mol. The molecule has 2 heterocycles. The van der Waals surface area contributed by atoms with E-state index >= 15 is 0 Å². The molecule has 3 N–H and O–H groups in total. The molecule has 4 rings (SSSR count). The van der Waals surface area contributed by atoms with E-state index < -0.39 is 23.6 Å². The van der Waals surface area contributed by atoms with Crippen LogP contribution in [0.15, 0.2) is 24.3 Å². The highest BCUT2D eigenvalue weighted by atomic mass is 16.7. The first-order chi connectivity index (χ1) is 15.8. The summed E-state index contributed by atoms with van der Waals surface area (Å²) in [5.74, 6) is -2.15. The molecular formula is C22H26N2O9. The number of esters is 1. The fourth-order valence-corrected chi connectivity index (χ4v) is 4.22. The van der Waals surface area contributed by atoms with Crippen molar-refractivity contribution in [1.82, 2.24) is 11.0 Å². The molecule has 11 nitrogen and oxygen atoms in total. The summed E-state index contributed by atoms with van der Waals surface area (Å²) < 4.78 is 27.4. The summed E-state index contributed by atoms with van der Waals surface area (Å²) in [5, 5.41) is 11.2. The summed E-state index contributed by atoms with van der Waals surface area (Å²) in [7, 11) is 5.92. The molecule has 0 bridgehead atoms. The van der Waals surface area contributed by atoms with Crippen LogP contribution in [0.5, 0.6) is 34.5 Å². The first-order valence-electron chi connectivity index (χ1n) is 10.2. The molecule has 0 aliphatic carbocycles. The quantitative estimate of drug-likeness (QED) is 0.409. The van der Waals surface area contributed by atoms with Crippen molar-refractivity contribution < 1.29 is 43.3 Å². The number of carbonyl (C=O) groups is 1. The van der Waals surface area contributed by atoms with Gasteiger partial charge in [-0.25, -0.2) is 0 Å². The minimum Gasteiger partial charge on any atom is -0.493 e. The van der Waals surface area contributed by atoms with Gasteiger partial charge in [0.05, 0.1) is 14.2 Å². The van der Waals surface area contributed by atoms with Crippen LogP contribution in [-0.2, 0) is 9.53 Å². The van der Waals surface area contributed by atoms with E-state index in [-0.39, 0.29) is 12.5 Å². The van der Waals surface area contributed by atoms with E-state index in [1.54, 1.807) is 38.4 Å². The standard InChI is InChI=1S/C22H26N2O9/c1-22(26)19(21(25)28-5)18(12-8-14-15(30-10-29-14)9-13(12)31-22)11-6-16(27-4)20(33-24-3)17(7-11)32-23-2/h6-9,18-19,23-24,26H,10H2,1-5H3. The number of nitrogens with one attached hydrogen (secondary N) is 2. The lowest BCUT2D eigenvalue weighted by molar-refractivity contribution is -0.197. The number of carbonyl (C=O) groups excluding carboxylic acids is 1. The Morgan fingerprint density at radius 1 is 1.03 bits per heavy atom. The maximum absolute atomic E-state index is 12.9. The summed E-state index contributed by atoms with van der Waals surface area (Å²) in [6, 6.07) is 6.75. The van der Waals surface area contributed by atoms with E-state index in [0.717, 1.165) is 0 Å². The lowest BCUT2D eigenvalue weighted by Gasteiger charge is -2.42. The Morgan fingerprint density at radius 3 is 2.33 bits per heavy atom. The van der Waals surface area contributed by atoms with Crippen LogP contribution in [0.2, 0.25) is 0 Å². The molecule has 0 fully saturated rings. The molecule has 0 amide bonds. The molecule has 0 radical (unpaired) electrons. The number of hydrogen-bond donors (Lipinski definition) is 3. The number of methoxy groups -OCH3 is 2. The largest absolute Gasteiger partial charge is 0.493 e. The lowest BCUT2D eigenvalue weighted by Crippen LogP contribution is -2.51. The zero-order valence-electron chi connectivity index (χ0n) is 18.9. The number of rotatable bonds is 7. The van der Waals surface area contributed by atoms with Crippen LogP contribution >= 0.6 is 0 Å². The van der Waals surface area contributed by atoms with Gasteiger partial charge in [0.15, 0.2) is 23.0 Å². The smallest absolute Gasteiger partial charge is 0.316 e. The van der Waals surface area contributed by atoms with E-state index in [1.807, 2.05) is 0 Å². The molecular weight excluding hydrogens is 436 g/mol. The molecule has 2 aromatic rings. The van der Waals surface area contributed by atoms with Gasteiger partial charge in [0, 0.05) is 38.6 Å². The topological polar surface area (TPSA) is 126 Å². The Morgan fingerprint density at radius 2 is 1.70 bits per heavy atom. The molecule has 2 aliphatic heterocycles. The summed E-state index contributed by atoms with van der Waals surface area (Å²) in [5.41, 5.74) is 6.39. The molecule has 2 aromatic carbocycles. The van der Waals surface area contributed by atoms with Crippen LogP contribution in [0, 0.1) is 5.92 Å². The summed E-state index contributed by atoms with van der Waals surface area (Å²) >= 11 is 0. The predicted molar refractivity (Wildman–Crippen MR) is 114 cm³/mol. The van der Waals surface area contributed by atoms with E-state index in [0.29, 0.717) is 39.9 Å². The Kier molecular flexibility index (Phi) is 6.11. The van der Waals surface area contributed by atoms with Gasteiger partial charge in [-0.3, -0.25) is 4.79 Å². The second kappa shape index (κ2) is 8.85. The molecule has 2 aliphatic rings. The first-order valence-corrected chi connectivity index (χ1v) is 10.2. The minimum atomic E-state index is -1.89. The van der Waals surface area contributed by atoms with Gasteiger partial charge in [-0.2, -0.15) is 11.0 Å². The highest BCUT2D eigenvalue weighted by molar-refractivity contribution is 5.77. The van der Waals surface area contributed by atoms with Crippen molar-refractivity contribution >= 4 is 5.97 Å². The van der Waals surface area contributed by atoms with Gasteiger partial charge in [0.1, 0.15) is 11.7 Å². The van der Waals surface area contributed by atoms with Gasteiger partial charge in [-0.1, -0.05) is 0 Å². The minimum absolute atomic E-state index is 0.0593. The molecule has 3 unspecified atom stereocenters.